The first-order chi connectivity index (χ1) is 9.69. The van der Waals surface area contributed by atoms with E-state index in [0.29, 0.717) is 16.6 Å². The van der Waals surface area contributed by atoms with Gasteiger partial charge >= 0.3 is 0 Å². The predicted octanol–water partition coefficient (Wildman–Crippen LogP) is 3.71. The molecule has 0 heterocycles. The summed E-state index contributed by atoms with van der Waals surface area (Å²) in [6.07, 6.45) is 3.22. The molecular weight excluding hydrogens is 307 g/mol. The minimum Gasteiger partial charge on any atom is -0.352 e. The van der Waals surface area contributed by atoms with Gasteiger partial charge in [-0.05, 0) is 43.3 Å². The molecule has 0 aliphatic rings. The molecule has 0 bridgehead atoms. The second-order valence-corrected chi connectivity index (χ2v) is 6.94. The predicted molar refractivity (Wildman–Crippen MR) is 90.8 cm³/mol. The van der Waals surface area contributed by atoms with E-state index in [2.05, 4.69) is 24.1 Å². The van der Waals surface area contributed by atoms with Crippen molar-refractivity contribution in [2.75, 3.05) is 27.2 Å². The molecule has 0 unspecified atom stereocenters. The van der Waals surface area contributed by atoms with Gasteiger partial charge in [-0.2, -0.15) is 0 Å². The molecule has 0 saturated carbocycles. The maximum absolute atomic E-state index is 11.8. The first-order valence-electron chi connectivity index (χ1n) is 6.75. The summed E-state index contributed by atoms with van der Waals surface area (Å²) >= 11 is 11.8. The van der Waals surface area contributed by atoms with E-state index in [1.54, 1.807) is 18.2 Å². The number of rotatable bonds is 6. The molecule has 0 saturated heterocycles. The number of halogens is 2. The smallest absolute Gasteiger partial charge is 0.244 e. The van der Waals surface area contributed by atoms with Gasteiger partial charge < -0.3 is 10.2 Å². The third-order valence-corrected chi connectivity index (χ3v) is 3.60. The highest BCUT2D eigenvalue weighted by Crippen LogP contribution is 2.23. The minimum atomic E-state index is -0.118. The zero-order chi connectivity index (χ0) is 16.0. The van der Waals surface area contributed by atoms with Crippen LogP contribution in [0.1, 0.15) is 19.4 Å². The lowest BCUT2D eigenvalue weighted by Gasteiger charge is -2.28. The van der Waals surface area contributed by atoms with Gasteiger partial charge in [-0.1, -0.05) is 43.1 Å². The molecule has 0 radical (unpaired) electrons. The molecule has 0 fully saturated rings. The summed E-state index contributed by atoms with van der Waals surface area (Å²) in [6.45, 7) is 5.77. The highest BCUT2D eigenvalue weighted by molar-refractivity contribution is 6.42. The van der Waals surface area contributed by atoms with Gasteiger partial charge in [-0.3, -0.25) is 4.79 Å². The number of carbonyl (C=O) groups excluding carboxylic acids is 1. The average molecular weight is 329 g/mol. The standard InChI is InChI=1S/C16H22Cl2N2O/c1-16(2,11-20(3)4)10-19-15(21)8-6-12-5-7-13(17)14(18)9-12/h5-9H,10-11H2,1-4H3,(H,19,21)/b8-6+. The molecule has 0 atom stereocenters. The Morgan fingerprint density at radius 1 is 1.29 bits per heavy atom. The Bertz CT molecular complexity index is 525. The third kappa shape index (κ3) is 6.98. The summed E-state index contributed by atoms with van der Waals surface area (Å²) in [5.74, 6) is -0.118. The van der Waals surface area contributed by atoms with Crippen LogP contribution < -0.4 is 5.32 Å². The number of amides is 1. The van der Waals surface area contributed by atoms with Crippen LogP contribution >= 0.6 is 23.2 Å². The molecule has 1 amide bonds. The summed E-state index contributed by atoms with van der Waals surface area (Å²) in [7, 11) is 4.04. The van der Waals surface area contributed by atoms with Crippen LogP contribution in [-0.2, 0) is 4.79 Å². The lowest BCUT2D eigenvalue weighted by Crippen LogP contribution is -2.39. The highest BCUT2D eigenvalue weighted by atomic mass is 35.5. The van der Waals surface area contributed by atoms with Gasteiger partial charge in [0.15, 0.2) is 0 Å². The first kappa shape index (κ1) is 18.0. The van der Waals surface area contributed by atoms with Gasteiger partial charge in [0.2, 0.25) is 5.91 Å². The molecule has 1 aromatic rings. The molecule has 0 aliphatic heterocycles. The fourth-order valence-electron chi connectivity index (χ4n) is 2.09. The molecule has 0 spiro atoms. The van der Waals surface area contributed by atoms with Crippen LogP contribution in [0.4, 0.5) is 0 Å². The van der Waals surface area contributed by atoms with Gasteiger partial charge in [-0.25, -0.2) is 0 Å². The number of hydrogen-bond acceptors (Lipinski definition) is 2. The van der Waals surface area contributed by atoms with E-state index in [0.717, 1.165) is 12.1 Å². The molecule has 5 heteroatoms. The topological polar surface area (TPSA) is 32.3 Å². The quantitative estimate of drug-likeness (QED) is 0.807. The van der Waals surface area contributed by atoms with Crippen molar-refractivity contribution in [3.63, 3.8) is 0 Å². The largest absolute Gasteiger partial charge is 0.352 e. The third-order valence-electron chi connectivity index (χ3n) is 2.86. The molecule has 1 N–H and O–H groups in total. The Morgan fingerprint density at radius 2 is 1.95 bits per heavy atom. The van der Waals surface area contributed by atoms with Crippen molar-refractivity contribution in [1.29, 1.82) is 0 Å². The Morgan fingerprint density at radius 3 is 2.52 bits per heavy atom. The lowest BCUT2D eigenvalue weighted by atomic mass is 9.93. The van der Waals surface area contributed by atoms with Crippen LogP contribution in [0.25, 0.3) is 6.08 Å². The summed E-state index contributed by atoms with van der Waals surface area (Å²) < 4.78 is 0. The van der Waals surface area contributed by atoms with E-state index in [1.165, 1.54) is 6.08 Å². The van der Waals surface area contributed by atoms with Crippen LogP contribution in [0, 0.1) is 5.41 Å². The van der Waals surface area contributed by atoms with Crippen LogP contribution in [-0.4, -0.2) is 38.0 Å². The molecule has 116 valence electrons. The average Bonchev–Trinajstić information content (AvgIpc) is 2.36. The number of nitrogens with zero attached hydrogens (tertiary/aromatic N) is 1. The van der Waals surface area contributed by atoms with E-state index >= 15 is 0 Å². The fourth-order valence-corrected chi connectivity index (χ4v) is 2.39. The van der Waals surface area contributed by atoms with Gasteiger partial charge in [0.1, 0.15) is 0 Å². The minimum absolute atomic E-state index is 0.0244. The molecule has 1 rings (SSSR count). The maximum Gasteiger partial charge on any atom is 0.244 e. The van der Waals surface area contributed by atoms with Crippen molar-refractivity contribution >= 4 is 35.2 Å². The van der Waals surface area contributed by atoms with E-state index in [-0.39, 0.29) is 11.3 Å². The van der Waals surface area contributed by atoms with Crippen LogP contribution in [0.5, 0.6) is 0 Å². The normalized spacial score (nSPS) is 12.1. The van der Waals surface area contributed by atoms with Crippen molar-refractivity contribution in [1.82, 2.24) is 10.2 Å². The zero-order valence-electron chi connectivity index (χ0n) is 12.9. The van der Waals surface area contributed by atoms with E-state index in [9.17, 15) is 4.79 Å². The van der Waals surface area contributed by atoms with Crippen molar-refractivity contribution in [3.05, 3.63) is 39.9 Å². The Hall–Kier alpha value is -1.03. The number of carbonyl (C=O) groups is 1. The van der Waals surface area contributed by atoms with Gasteiger partial charge in [0.25, 0.3) is 0 Å². The fraction of sp³-hybridized carbons (Fsp3) is 0.438. The van der Waals surface area contributed by atoms with Crippen LogP contribution in [0.15, 0.2) is 24.3 Å². The van der Waals surface area contributed by atoms with Crippen molar-refractivity contribution < 1.29 is 4.79 Å². The number of nitrogens with one attached hydrogen (secondary N) is 1. The monoisotopic (exact) mass is 328 g/mol. The van der Waals surface area contributed by atoms with Crippen LogP contribution in [0.3, 0.4) is 0 Å². The zero-order valence-corrected chi connectivity index (χ0v) is 14.4. The molecule has 0 aliphatic carbocycles. The van der Waals surface area contributed by atoms with E-state index in [1.807, 2.05) is 20.2 Å². The van der Waals surface area contributed by atoms with Crippen molar-refractivity contribution in [3.8, 4) is 0 Å². The van der Waals surface area contributed by atoms with Crippen molar-refractivity contribution in [2.24, 2.45) is 5.41 Å². The maximum atomic E-state index is 11.8. The van der Waals surface area contributed by atoms with E-state index in [4.69, 9.17) is 23.2 Å². The van der Waals surface area contributed by atoms with Gasteiger partial charge in [-0.15, -0.1) is 0 Å². The molecule has 3 nitrogen and oxygen atoms in total. The summed E-state index contributed by atoms with van der Waals surface area (Å²) in [6, 6.07) is 5.25. The van der Waals surface area contributed by atoms with Gasteiger partial charge in [0.05, 0.1) is 10.0 Å². The van der Waals surface area contributed by atoms with Crippen LogP contribution in [0.2, 0.25) is 10.0 Å². The lowest BCUT2D eigenvalue weighted by molar-refractivity contribution is -0.116. The molecule has 0 aromatic heterocycles. The molecule has 21 heavy (non-hydrogen) atoms. The molecular formula is C16H22Cl2N2O. The first-order valence-corrected chi connectivity index (χ1v) is 7.51. The number of benzene rings is 1. The molecule has 1 aromatic carbocycles. The SMILES string of the molecule is CN(C)CC(C)(C)CNC(=O)/C=C/c1ccc(Cl)c(Cl)c1. The Kier molecular flexibility index (Phi) is 6.72. The van der Waals surface area contributed by atoms with Gasteiger partial charge in [0, 0.05) is 19.2 Å². The number of hydrogen-bond donors (Lipinski definition) is 1. The second-order valence-electron chi connectivity index (χ2n) is 6.13. The highest BCUT2D eigenvalue weighted by Gasteiger charge is 2.19. The summed E-state index contributed by atoms with van der Waals surface area (Å²) in [5.41, 5.74) is 0.864. The Labute approximate surface area is 136 Å². The summed E-state index contributed by atoms with van der Waals surface area (Å²) in [4.78, 5) is 13.9. The Balaban J connectivity index is 2.53. The summed E-state index contributed by atoms with van der Waals surface area (Å²) in [5, 5.41) is 3.89. The second kappa shape index (κ2) is 7.83. The van der Waals surface area contributed by atoms with Crippen molar-refractivity contribution in [2.45, 2.75) is 13.8 Å². The van der Waals surface area contributed by atoms with E-state index < -0.39 is 0 Å².